The van der Waals surface area contributed by atoms with Gasteiger partial charge in [-0.05, 0) is 43.2 Å². The average molecular weight is 387 g/mol. The van der Waals surface area contributed by atoms with E-state index in [9.17, 15) is 14.7 Å². The van der Waals surface area contributed by atoms with E-state index >= 15 is 0 Å². The summed E-state index contributed by atoms with van der Waals surface area (Å²) in [5.41, 5.74) is 1.86. The summed E-state index contributed by atoms with van der Waals surface area (Å²) >= 11 is 0. The predicted octanol–water partition coefficient (Wildman–Crippen LogP) is -0.276. The summed E-state index contributed by atoms with van der Waals surface area (Å²) in [6, 6.07) is 5.36. The van der Waals surface area contributed by atoms with Crippen molar-refractivity contribution in [1.82, 2.24) is 0 Å². The maximum Gasteiger partial charge on any atom is 1.00 e. The second kappa shape index (κ2) is 10.2. The standard InChI is InChI=1S/C18H28N2O4Si.Na/c1-12(17(21)22)10-14-8-9-15(20(3)4)11-16(14)19-18(23)24-13(2)25(5,6)7;/h8-11,13H,1-7H3,(H,19,23)(H,21,22);/q;+1/p-1. The first kappa shape index (κ1) is 24.7. The Bertz CT molecular complexity index is 684. The van der Waals surface area contributed by atoms with Gasteiger partial charge in [0.15, 0.2) is 0 Å². The number of aliphatic carboxylic acids is 1. The van der Waals surface area contributed by atoms with E-state index < -0.39 is 20.1 Å². The molecule has 0 aliphatic carbocycles. The Balaban J connectivity index is 0.00000625. The van der Waals surface area contributed by atoms with Gasteiger partial charge in [0, 0.05) is 19.8 Å². The predicted molar refractivity (Wildman–Crippen MR) is 102 cm³/mol. The van der Waals surface area contributed by atoms with Crippen LogP contribution >= 0.6 is 0 Å². The van der Waals surface area contributed by atoms with Gasteiger partial charge < -0.3 is 19.5 Å². The van der Waals surface area contributed by atoms with E-state index in [4.69, 9.17) is 4.74 Å². The molecule has 138 valence electrons. The van der Waals surface area contributed by atoms with Crippen molar-refractivity contribution in [2.24, 2.45) is 0 Å². The summed E-state index contributed by atoms with van der Waals surface area (Å²) in [7, 11) is 2.15. The van der Waals surface area contributed by atoms with E-state index in [1.165, 1.54) is 13.0 Å². The van der Waals surface area contributed by atoms with Crippen LogP contribution in [0, 0.1) is 0 Å². The molecule has 1 N–H and O–H groups in total. The number of rotatable bonds is 6. The third kappa shape index (κ3) is 7.53. The van der Waals surface area contributed by atoms with Crippen LogP contribution in [0.4, 0.5) is 16.2 Å². The Hall–Kier alpha value is -1.28. The first-order valence-corrected chi connectivity index (χ1v) is 11.7. The average Bonchev–Trinajstić information content (AvgIpc) is 2.47. The van der Waals surface area contributed by atoms with Crippen LogP contribution in [0.2, 0.25) is 19.6 Å². The molecule has 8 heteroatoms. The van der Waals surface area contributed by atoms with Crippen LogP contribution in [-0.4, -0.2) is 40.0 Å². The molecule has 0 aliphatic rings. The molecule has 1 aromatic carbocycles. The number of carboxylic acids is 1. The zero-order valence-electron chi connectivity index (χ0n) is 17.0. The second-order valence-corrected chi connectivity index (χ2v) is 12.9. The van der Waals surface area contributed by atoms with Gasteiger partial charge >= 0.3 is 35.7 Å². The van der Waals surface area contributed by atoms with Gasteiger partial charge in [0.1, 0.15) is 0 Å². The monoisotopic (exact) mass is 386 g/mol. The molecule has 0 saturated heterocycles. The molecule has 6 nitrogen and oxygen atoms in total. The molecule has 0 aromatic heterocycles. The van der Waals surface area contributed by atoms with Crippen LogP contribution in [0.5, 0.6) is 0 Å². The minimum Gasteiger partial charge on any atom is -0.545 e. The Morgan fingerprint density at radius 3 is 2.31 bits per heavy atom. The molecule has 0 spiro atoms. The van der Waals surface area contributed by atoms with Gasteiger partial charge in [-0.1, -0.05) is 25.7 Å². The van der Waals surface area contributed by atoms with Crippen LogP contribution in [0.1, 0.15) is 19.4 Å². The van der Waals surface area contributed by atoms with Gasteiger partial charge in [0.05, 0.1) is 25.5 Å². The fourth-order valence-electron chi connectivity index (χ4n) is 1.83. The summed E-state index contributed by atoms with van der Waals surface area (Å²) in [6.45, 7) is 9.70. The van der Waals surface area contributed by atoms with Gasteiger partial charge in [0.25, 0.3) is 0 Å². The smallest absolute Gasteiger partial charge is 0.545 e. The first-order chi connectivity index (χ1) is 11.4. The largest absolute Gasteiger partial charge is 1.00 e. The van der Waals surface area contributed by atoms with Crippen LogP contribution in [0.3, 0.4) is 0 Å². The Morgan fingerprint density at radius 2 is 1.85 bits per heavy atom. The molecule has 1 rings (SSSR count). The molecule has 1 amide bonds. The molecule has 0 radical (unpaired) electrons. The number of carbonyl (C=O) groups is 2. The van der Waals surface area contributed by atoms with E-state index in [0.717, 1.165) is 5.69 Å². The third-order valence-corrected chi connectivity index (χ3v) is 6.54. The Kier molecular flexibility index (Phi) is 9.65. The number of amides is 1. The number of ether oxygens (including phenoxy) is 1. The number of carbonyl (C=O) groups excluding carboxylic acids is 2. The fraction of sp³-hybridized carbons (Fsp3) is 0.444. The van der Waals surface area contributed by atoms with Crippen molar-refractivity contribution < 1.29 is 49.0 Å². The summed E-state index contributed by atoms with van der Waals surface area (Å²) in [6.07, 6.45) is 0.915. The molecule has 26 heavy (non-hydrogen) atoms. The van der Waals surface area contributed by atoms with Crippen molar-refractivity contribution in [2.45, 2.75) is 39.2 Å². The van der Waals surface area contributed by atoms with Crippen molar-refractivity contribution in [2.75, 3.05) is 24.3 Å². The molecule has 0 fully saturated rings. The molecular formula is C18H27N2NaO4Si. The normalized spacial score (nSPS) is 12.7. The Morgan fingerprint density at radius 1 is 1.27 bits per heavy atom. The third-order valence-electron chi connectivity index (χ3n) is 3.99. The van der Waals surface area contributed by atoms with Crippen molar-refractivity contribution in [3.8, 4) is 0 Å². The molecule has 1 unspecified atom stereocenters. The first-order valence-electron chi connectivity index (χ1n) is 8.10. The number of hydrogen-bond acceptors (Lipinski definition) is 5. The van der Waals surface area contributed by atoms with E-state index in [2.05, 4.69) is 25.0 Å². The van der Waals surface area contributed by atoms with Crippen LogP contribution in [-0.2, 0) is 9.53 Å². The van der Waals surface area contributed by atoms with Crippen LogP contribution < -0.4 is 44.9 Å². The van der Waals surface area contributed by atoms with Crippen molar-refractivity contribution in [1.29, 1.82) is 0 Å². The van der Waals surface area contributed by atoms with E-state index in [1.54, 1.807) is 12.1 Å². The van der Waals surface area contributed by atoms with Gasteiger partial charge in [-0.15, -0.1) is 0 Å². The van der Waals surface area contributed by atoms with E-state index in [0.29, 0.717) is 11.3 Å². The molecule has 0 bridgehead atoms. The molecule has 1 aromatic rings. The Labute approximate surface area is 178 Å². The minimum atomic E-state index is -1.61. The zero-order chi connectivity index (χ0) is 19.4. The quantitative estimate of drug-likeness (QED) is 0.537. The maximum absolute atomic E-state index is 12.2. The van der Waals surface area contributed by atoms with E-state index in [1.807, 2.05) is 32.0 Å². The summed E-state index contributed by atoms with van der Waals surface area (Å²) in [4.78, 5) is 25.1. The van der Waals surface area contributed by atoms with Crippen molar-refractivity contribution in [3.63, 3.8) is 0 Å². The van der Waals surface area contributed by atoms with Gasteiger partial charge in [-0.3, -0.25) is 5.32 Å². The number of hydrogen-bond donors (Lipinski definition) is 1. The van der Waals surface area contributed by atoms with Gasteiger partial charge in [-0.2, -0.15) is 0 Å². The minimum absolute atomic E-state index is 0. The number of benzene rings is 1. The van der Waals surface area contributed by atoms with Crippen molar-refractivity contribution >= 4 is 37.6 Å². The summed E-state index contributed by atoms with van der Waals surface area (Å²) in [5, 5.41) is 13.7. The van der Waals surface area contributed by atoms with E-state index in [-0.39, 0.29) is 40.9 Å². The number of carboxylic acid groups (broad SMARTS) is 1. The molecule has 0 aliphatic heterocycles. The molecule has 0 saturated carbocycles. The number of nitrogens with zero attached hydrogens (tertiary/aromatic N) is 1. The topological polar surface area (TPSA) is 81.7 Å². The van der Waals surface area contributed by atoms with Gasteiger partial charge in [-0.25, -0.2) is 4.79 Å². The molecular weight excluding hydrogens is 359 g/mol. The summed E-state index contributed by atoms with van der Waals surface area (Å²) in [5.74, 6) is -1.25. The molecule has 1 atom stereocenters. The fourth-order valence-corrected chi connectivity index (χ4v) is 2.29. The zero-order valence-corrected chi connectivity index (χ0v) is 20.0. The maximum atomic E-state index is 12.2. The molecule has 0 heterocycles. The number of anilines is 2. The van der Waals surface area contributed by atoms with Gasteiger partial charge in [0.2, 0.25) is 0 Å². The number of nitrogens with one attached hydrogen (secondary N) is 1. The van der Waals surface area contributed by atoms with Crippen LogP contribution in [0.15, 0.2) is 23.8 Å². The van der Waals surface area contributed by atoms with Crippen molar-refractivity contribution in [3.05, 3.63) is 29.3 Å². The van der Waals surface area contributed by atoms with Crippen LogP contribution in [0.25, 0.3) is 6.08 Å². The second-order valence-electron chi connectivity index (χ2n) is 7.32. The SMILES string of the molecule is CC(=Cc1ccc(N(C)C)cc1NC(=O)OC(C)[Si](C)(C)C)C(=O)[O-].[Na+]. The summed E-state index contributed by atoms with van der Waals surface area (Å²) < 4.78 is 5.48.